The minimum atomic E-state index is -4.29. The third-order valence-corrected chi connectivity index (χ3v) is 2.43. The van der Waals surface area contributed by atoms with Gasteiger partial charge in [0.1, 0.15) is 24.6 Å². The van der Waals surface area contributed by atoms with Crippen LogP contribution < -0.4 is 10.6 Å². The van der Waals surface area contributed by atoms with Crippen LogP contribution in [0.25, 0.3) is 0 Å². The van der Waals surface area contributed by atoms with Gasteiger partial charge in [0.25, 0.3) is 0 Å². The maximum absolute atomic E-state index is 11.9. The molecule has 1 aromatic heterocycles. The Labute approximate surface area is 116 Å². The second-order valence-electron chi connectivity index (χ2n) is 4.22. The number of anilines is 2. The minimum Gasteiger partial charge on any atom is -0.370 e. The van der Waals surface area contributed by atoms with Crippen molar-refractivity contribution in [3.8, 4) is 0 Å². The SMILES string of the molecule is CCCNc1ncnc(NCCOCC(F)(F)F)c1C. The number of ether oxygens (including phenoxy) is 1. The van der Waals surface area contributed by atoms with Crippen LogP contribution in [-0.4, -0.2) is 42.4 Å². The van der Waals surface area contributed by atoms with Gasteiger partial charge in [0.05, 0.1) is 6.61 Å². The Hall–Kier alpha value is -1.57. The Morgan fingerprint density at radius 2 is 1.75 bits per heavy atom. The molecule has 0 unspecified atom stereocenters. The first-order valence-corrected chi connectivity index (χ1v) is 6.38. The van der Waals surface area contributed by atoms with E-state index in [0.29, 0.717) is 5.82 Å². The lowest BCUT2D eigenvalue weighted by Gasteiger charge is -2.13. The molecule has 0 fully saturated rings. The highest BCUT2D eigenvalue weighted by Crippen LogP contribution is 2.18. The van der Waals surface area contributed by atoms with E-state index in [0.717, 1.165) is 24.3 Å². The molecule has 0 saturated heterocycles. The molecule has 0 radical (unpaired) electrons. The van der Waals surface area contributed by atoms with Crippen molar-refractivity contribution in [3.63, 3.8) is 0 Å². The van der Waals surface area contributed by atoms with Gasteiger partial charge in [0, 0.05) is 18.7 Å². The van der Waals surface area contributed by atoms with E-state index in [1.165, 1.54) is 6.33 Å². The Kier molecular flexibility index (Phi) is 6.50. The number of rotatable bonds is 8. The summed E-state index contributed by atoms with van der Waals surface area (Å²) in [5, 5.41) is 6.09. The average Bonchev–Trinajstić information content (AvgIpc) is 2.37. The van der Waals surface area contributed by atoms with Crippen LogP contribution in [0.5, 0.6) is 0 Å². The first-order valence-electron chi connectivity index (χ1n) is 6.38. The van der Waals surface area contributed by atoms with Crippen molar-refractivity contribution >= 4 is 11.6 Å². The number of nitrogens with one attached hydrogen (secondary N) is 2. The zero-order valence-corrected chi connectivity index (χ0v) is 11.5. The maximum Gasteiger partial charge on any atom is 0.411 e. The molecular weight excluding hydrogens is 273 g/mol. The lowest BCUT2D eigenvalue weighted by molar-refractivity contribution is -0.172. The normalized spacial score (nSPS) is 11.4. The molecule has 1 aromatic rings. The van der Waals surface area contributed by atoms with Gasteiger partial charge in [-0.3, -0.25) is 0 Å². The van der Waals surface area contributed by atoms with Crippen LogP contribution in [0.1, 0.15) is 18.9 Å². The molecule has 0 amide bonds. The molecule has 114 valence electrons. The van der Waals surface area contributed by atoms with Gasteiger partial charge in [0.2, 0.25) is 0 Å². The molecule has 0 aromatic carbocycles. The lowest BCUT2D eigenvalue weighted by atomic mass is 10.3. The van der Waals surface area contributed by atoms with Gasteiger partial charge in [0.15, 0.2) is 0 Å². The van der Waals surface area contributed by atoms with E-state index in [1.807, 2.05) is 13.8 Å². The zero-order valence-electron chi connectivity index (χ0n) is 11.5. The first kappa shape index (κ1) is 16.5. The number of nitrogens with zero attached hydrogens (tertiary/aromatic N) is 2. The number of alkyl halides is 3. The molecule has 20 heavy (non-hydrogen) atoms. The molecular formula is C12H19F3N4O. The van der Waals surface area contributed by atoms with Gasteiger partial charge in [-0.1, -0.05) is 6.92 Å². The molecule has 2 N–H and O–H groups in total. The molecule has 0 spiro atoms. The van der Waals surface area contributed by atoms with Crippen molar-refractivity contribution < 1.29 is 17.9 Å². The smallest absolute Gasteiger partial charge is 0.370 e. The fourth-order valence-corrected chi connectivity index (χ4v) is 1.48. The van der Waals surface area contributed by atoms with Crippen molar-refractivity contribution in [1.29, 1.82) is 0 Å². The second-order valence-corrected chi connectivity index (χ2v) is 4.22. The third kappa shape index (κ3) is 6.05. The second kappa shape index (κ2) is 7.88. The van der Waals surface area contributed by atoms with Crippen LogP contribution in [0.4, 0.5) is 24.8 Å². The monoisotopic (exact) mass is 292 g/mol. The Morgan fingerprint density at radius 1 is 1.15 bits per heavy atom. The quantitative estimate of drug-likeness (QED) is 0.721. The minimum absolute atomic E-state index is 0.0410. The van der Waals surface area contributed by atoms with Crippen LogP contribution in [-0.2, 0) is 4.74 Å². The van der Waals surface area contributed by atoms with Crippen molar-refractivity contribution in [1.82, 2.24) is 9.97 Å². The topological polar surface area (TPSA) is 59.1 Å². The molecule has 8 heteroatoms. The summed E-state index contributed by atoms with van der Waals surface area (Å²) in [6.45, 7) is 3.66. The van der Waals surface area contributed by atoms with E-state index in [1.54, 1.807) is 0 Å². The Balaban J connectivity index is 2.40. The van der Waals surface area contributed by atoms with Crippen LogP contribution in [0, 0.1) is 6.92 Å². The van der Waals surface area contributed by atoms with Crippen molar-refractivity contribution in [2.45, 2.75) is 26.4 Å². The predicted molar refractivity (Wildman–Crippen MR) is 70.9 cm³/mol. The molecule has 0 bridgehead atoms. The van der Waals surface area contributed by atoms with E-state index in [2.05, 4.69) is 25.3 Å². The predicted octanol–water partition coefficient (Wildman–Crippen LogP) is 2.60. The Bertz CT molecular complexity index is 412. The number of aromatic nitrogens is 2. The van der Waals surface area contributed by atoms with Gasteiger partial charge in [-0.05, 0) is 13.3 Å². The lowest BCUT2D eigenvalue weighted by Crippen LogP contribution is -2.20. The number of hydrogen-bond acceptors (Lipinski definition) is 5. The molecule has 0 aliphatic carbocycles. The van der Waals surface area contributed by atoms with Crippen molar-refractivity contribution in [2.24, 2.45) is 0 Å². The van der Waals surface area contributed by atoms with E-state index >= 15 is 0 Å². The van der Waals surface area contributed by atoms with E-state index in [9.17, 15) is 13.2 Å². The summed E-state index contributed by atoms with van der Waals surface area (Å²) in [7, 11) is 0. The van der Waals surface area contributed by atoms with Crippen LogP contribution in [0.3, 0.4) is 0 Å². The molecule has 0 aliphatic heterocycles. The average molecular weight is 292 g/mol. The van der Waals surface area contributed by atoms with Crippen LogP contribution in [0.2, 0.25) is 0 Å². The highest BCUT2D eigenvalue weighted by molar-refractivity contribution is 5.56. The number of halogens is 3. The van der Waals surface area contributed by atoms with Crippen molar-refractivity contribution in [2.75, 3.05) is 36.9 Å². The summed E-state index contributed by atoms with van der Waals surface area (Å²) in [4.78, 5) is 8.16. The van der Waals surface area contributed by atoms with E-state index < -0.39 is 12.8 Å². The summed E-state index contributed by atoms with van der Waals surface area (Å²) in [6, 6.07) is 0. The van der Waals surface area contributed by atoms with Crippen LogP contribution in [0.15, 0.2) is 6.33 Å². The Morgan fingerprint density at radius 3 is 2.30 bits per heavy atom. The van der Waals surface area contributed by atoms with E-state index in [4.69, 9.17) is 0 Å². The fourth-order valence-electron chi connectivity index (χ4n) is 1.48. The largest absolute Gasteiger partial charge is 0.411 e. The standard InChI is InChI=1S/C12H19F3N4O/c1-3-4-16-10-9(2)11(19-8-18-10)17-5-6-20-7-12(13,14)15/h8H,3-7H2,1-2H3,(H2,16,17,18,19). The fraction of sp³-hybridized carbons (Fsp3) is 0.667. The van der Waals surface area contributed by atoms with Gasteiger partial charge in [-0.15, -0.1) is 0 Å². The molecule has 0 saturated carbocycles. The van der Waals surface area contributed by atoms with Gasteiger partial charge in [-0.2, -0.15) is 13.2 Å². The summed E-state index contributed by atoms with van der Waals surface area (Å²) in [6.07, 6.45) is -1.91. The third-order valence-electron chi connectivity index (χ3n) is 2.43. The molecule has 0 atom stereocenters. The highest BCUT2D eigenvalue weighted by Gasteiger charge is 2.27. The van der Waals surface area contributed by atoms with Crippen molar-refractivity contribution in [3.05, 3.63) is 11.9 Å². The number of hydrogen-bond donors (Lipinski definition) is 2. The zero-order chi connectivity index (χ0) is 15.0. The van der Waals surface area contributed by atoms with E-state index in [-0.39, 0.29) is 13.2 Å². The summed E-state index contributed by atoms with van der Waals surface area (Å²) in [5.74, 6) is 1.31. The summed E-state index contributed by atoms with van der Waals surface area (Å²) >= 11 is 0. The van der Waals surface area contributed by atoms with Gasteiger partial charge >= 0.3 is 6.18 Å². The molecule has 1 rings (SSSR count). The van der Waals surface area contributed by atoms with Gasteiger partial charge < -0.3 is 15.4 Å². The molecule has 5 nitrogen and oxygen atoms in total. The molecule has 0 aliphatic rings. The maximum atomic E-state index is 11.9. The van der Waals surface area contributed by atoms with Gasteiger partial charge in [-0.25, -0.2) is 9.97 Å². The summed E-state index contributed by atoms with van der Waals surface area (Å²) < 4.78 is 40.1. The highest BCUT2D eigenvalue weighted by atomic mass is 19.4. The van der Waals surface area contributed by atoms with Crippen LogP contribution >= 0.6 is 0 Å². The molecule has 1 heterocycles. The summed E-state index contributed by atoms with van der Waals surface area (Å²) in [5.41, 5.74) is 0.830. The first-order chi connectivity index (χ1) is 9.44.